The number of nitriles is 1. The fraction of sp³-hybridized carbons (Fsp3) is 0.333. The molecule has 38 valence electrons. The standard InChI is InChI=1S/C3H3NO3/c4-2-7-1-3(5)6/h1H2,(H,5,6). The molecule has 0 amide bonds. The molecule has 4 nitrogen and oxygen atoms in total. The Balaban J connectivity index is 3.02. The van der Waals surface area contributed by atoms with Gasteiger partial charge >= 0.3 is 5.97 Å². The fourth-order valence-corrected chi connectivity index (χ4v) is 0.0940. The van der Waals surface area contributed by atoms with Gasteiger partial charge in [0.25, 0.3) is 6.26 Å². The van der Waals surface area contributed by atoms with Crippen LogP contribution in [0.4, 0.5) is 0 Å². The number of hydrogen-bond donors (Lipinski definition) is 1. The van der Waals surface area contributed by atoms with Crippen LogP contribution in [0.15, 0.2) is 0 Å². The maximum Gasteiger partial charge on any atom is 0.342 e. The van der Waals surface area contributed by atoms with Gasteiger partial charge in [-0.3, -0.25) is 0 Å². The van der Waals surface area contributed by atoms with E-state index in [-0.39, 0.29) is 0 Å². The molecule has 0 aromatic rings. The van der Waals surface area contributed by atoms with E-state index in [0.29, 0.717) is 0 Å². The van der Waals surface area contributed by atoms with Crippen LogP contribution in [0, 0.1) is 11.5 Å². The van der Waals surface area contributed by atoms with E-state index in [2.05, 4.69) is 4.74 Å². The van der Waals surface area contributed by atoms with Crippen molar-refractivity contribution in [3.63, 3.8) is 0 Å². The summed E-state index contributed by atoms with van der Waals surface area (Å²) in [7, 11) is 0. The summed E-state index contributed by atoms with van der Waals surface area (Å²) in [4.78, 5) is 9.48. The van der Waals surface area contributed by atoms with E-state index in [1.165, 1.54) is 6.26 Å². The molecule has 0 spiro atoms. The van der Waals surface area contributed by atoms with E-state index in [9.17, 15) is 4.79 Å². The van der Waals surface area contributed by atoms with E-state index in [1.54, 1.807) is 0 Å². The van der Waals surface area contributed by atoms with Crippen LogP contribution in [0.3, 0.4) is 0 Å². The van der Waals surface area contributed by atoms with Crippen LogP contribution in [-0.2, 0) is 9.53 Å². The topological polar surface area (TPSA) is 70.3 Å². The summed E-state index contributed by atoms with van der Waals surface area (Å²) in [6, 6.07) is 0. The molecule has 4 heteroatoms. The molecule has 0 aliphatic carbocycles. The van der Waals surface area contributed by atoms with Gasteiger partial charge in [-0.2, -0.15) is 5.26 Å². The van der Waals surface area contributed by atoms with Gasteiger partial charge in [0, 0.05) is 0 Å². The Morgan fingerprint density at radius 2 is 2.57 bits per heavy atom. The molecule has 0 bridgehead atoms. The first-order valence-corrected chi connectivity index (χ1v) is 1.50. The number of hydrogen-bond acceptors (Lipinski definition) is 3. The maximum atomic E-state index is 9.48. The molecule has 7 heavy (non-hydrogen) atoms. The summed E-state index contributed by atoms with van der Waals surface area (Å²) < 4.78 is 3.80. The zero-order chi connectivity index (χ0) is 5.70. The lowest BCUT2D eigenvalue weighted by Crippen LogP contribution is -2.02. The Morgan fingerprint density at radius 3 is 2.71 bits per heavy atom. The van der Waals surface area contributed by atoms with Crippen molar-refractivity contribution in [2.75, 3.05) is 6.61 Å². The van der Waals surface area contributed by atoms with E-state index in [1.807, 2.05) is 0 Å². The van der Waals surface area contributed by atoms with Crippen molar-refractivity contribution < 1.29 is 14.6 Å². The third kappa shape index (κ3) is 4.76. The van der Waals surface area contributed by atoms with Gasteiger partial charge in [0.2, 0.25) is 0 Å². The molecule has 1 N–H and O–H groups in total. The number of ether oxygens (including phenoxy) is 1. The monoisotopic (exact) mass is 101 g/mol. The minimum Gasteiger partial charge on any atom is -0.479 e. The highest BCUT2D eigenvalue weighted by atomic mass is 16.5. The van der Waals surface area contributed by atoms with Gasteiger partial charge < -0.3 is 9.84 Å². The molecule has 0 unspecified atom stereocenters. The second kappa shape index (κ2) is 2.97. The van der Waals surface area contributed by atoms with Crippen molar-refractivity contribution in [3.05, 3.63) is 0 Å². The number of carbonyl (C=O) groups is 1. The Labute approximate surface area is 39.9 Å². The molecule has 0 aromatic heterocycles. The number of carboxylic acid groups (broad SMARTS) is 1. The molecular weight excluding hydrogens is 98.0 g/mol. The lowest BCUT2D eigenvalue weighted by molar-refractivity contribution is -0.140. The van der Waals surface area contributed by atoms with Crippen molar-refractivity contribution in [2.45, 2.75) is 0 Å². The van der Waals surface area contributed by atoms with Crippen molar-refractivity contribution >= 4 is 5.97 Å². The summed E-state index contributed by atoms with van der Waals surface area (Å²) in [5.41, 5.74) is 0. The average Bonchev–Trinajstić information content (AvgIpc) is 1.61. The van der Waals surface area contributed by atoms with Gasteiger partial charge in [-0.05, 0) is 0 Å². The highest BCUT2D eigenvalue weighted by Crippen LogP contribution is 1.65. The van der Waals surface area contributed by atoms with Crippen LogP contribution in [-0.4, -0.2) is 17.7 Å². The first-order valence-electron chi connectivity index (χ1n) is 1.50. The zero-order valence-corrected chi connectivity index (χ0v) is 3.42. The van der Waals surface area contributed by atoms with Gasteiger partial charge in [-0.15, -0.1) is 0 Å². The third-order valence-electron chi connectivity index (χ3n) is 0.260. The molecule has 0 rings (SSSR count). The largest absolute Gasteiger partial charge is 0.479 e. The molecule has 0 fully saturated rings. The molecule has 0 aromatic carbocycles. The van der Waals surface area contributed by atoms with Crippen LogP contribution < -0.4 is 0 Å². The Bertz CT molecular complexity index is 103. The predicted octanol–water partition coefficient (Wildman–Crippen LogP) is -0.431. The minimum atomic E-state index is -1.14. The fourth-order valence-electron chi connectivity index (χ4n) is 0.0940. The predicted molar refractivity (Wildman–Crippen MR) is 19.2 cm³/mol. The Hall–Kier alpha value is -1.24. The van der Waals surface area contributed by atoms with Gasteiger partial charge in [0.15, 0.2) is 6.61 Å². The van der Waals surface area contributed by atoms with Crippen molar-refractivity contribution in [1.29, 1.82) is 5.26 Å². The van der Waals surface area contributed by atoms with E-state index < -0.39 is 12.6 Å². The summed E-state index contributed by atoms with van der Waals surface area (Å²) in [5, 5.41) is 15.3. The molecule has 0 aliphatic rings. The number of aliphatic carboxylic acids is 1. The molecule has 0 aliphatic heterocycles. The smallest absolute Gasteiger partial charge is 0.342 e. The van der Waals surface area contributed by atoms with Crippen LogP contribution in [0.2, 0.25) is 0 Å². The first kappa shape index (κ1) is 5.76. The second-order valence-electron chi connectivity index (χ2n) is 0.774. The number of carboxylic acids is 1. The number of nitrogens with zero attached hydrogens (tertiary/aromatic N) is 1. The SMILES string of the molecule is N#COCC(=O)O. The Kier molecular flexibility index (Phi) is 2.44. The summed E-state index contributed by atoms with van der Waals surface area (Å²) in [6.07, 6.45) is 1.22. The zero-order valence-electron chi connectivity index (χ0n) is 3.42. The quantitative estimate of drug-likeness (QED) is 0.479. The van der Waals surface area contributed by atoms with Crippen LogP contribution in [0.5, 0.6) is 0 Å². The molecule has 0 heterocycles. The molecule has 0 saturated heterocycles. The van der Waals surface area contributed by atoms with E-state index in [4.69, 9.17) is 10.4 Å². The molecule has 0 atom stereocenters. The molecule has 0 saturated carbocycles. The average molecular weight is 101 g/mol. The van der Waals surface area contributed by atoms with Gasteiger partial charge in [-0.1, -0.05) is 0 Å². The van der Waals surface area contributed by atoms with Crippen LogP contribution in [0.1, 0.15) is 0 Å². The lowest BCUT2D eigenvalue weighted by Gasteiger charge is -1.83. The van der Waals surface area contributed by atoms with Crippen LogP contribution >= 0.6 is 0 Å². The van der Waals surface area contributed by atoms with E-state index in [0.717, 1.165) is 0 Å². The molecule has 0 radical (unpaired) electrons. The minimum absolute atomic E-state index is 0.545. The highest BCUT2D eigenvalue weighted by molar-refractivity contribution is 5.68. The summed E-state index contributed by atoms with van der Waals surface area (Å²) in [6.45, 7) is -0.545. The van der Waals surface area contributed by atoms with Gasteiger partial charge in [-0.25, -0.2) is 4.79 Å². The summed E-state index contributed by atoms with van der Waals surface area (Å²) in [5.74, 6) is -1.14. The second-order valence-corrected chi connectivity index (χ2v) is 0.774. The van der Waals surface area contributed by atoms with Crippen molar-refractivity contribution in [2.24, 2.45) is 0 Å². The highest BCUT2D eigenvalue weighted by Gasteiger charge is 1.91. The lowest BCUT2D eigenvalue weighted by atomic mass is 10.8. The normalized spacial score (nSPS) is 6.71. The van der Waals surface area contributed by atoms with Crippen LogP contribution in [0.25, 0.3) is 0 Å². The van der Waals surface area contributed by atoms with Crippen molar-refractivity contribution in [1.82, 2.24) is 0 Å². The molecular formula is C3H3NO3. The third-order valence-corrected chi connectivity index (χ3v) is 0.260. The van der Waals surface area contributed by atoms with Gasteiger partial charge in [0.1, 0.15) is 0 Å². The van der Waals surface area contributed by atoms with Gasteiger partial charge in [0.05, 0.1) is 0 Å². The van der Waals surface area contributed by atoms with E-state index >= 15 is 0 Å². The maximum absolute atomic E-state index is 9.48. The summed E-state index contributed by atoms with van der Waals surface area (Å²) >= 11 is 0. The Morgan fingerprint density at radius 1 is 2.00 bits per heavy atom. The number of rotatable bonds is 2. The van der Waals surface area contributed by atoms with Crippen molar-refractivity contribution in [3.8, 4) is 6.26 Å². The first-order chi connectivity index (χ1) is 3.27.